The van der Waals surface area contributed by atoms with E-state index in [0.717, 1.165) is 27.4 Å². The predicted molar refractivity (Wildman–Crippen MR) is 151 cm³/mol. The summed E-state index contributed by atoms with van der Waals surface area (Å²) in [5.41, 5.74) is 3.38. The molecule has 8 heteroatoms. The van der Waals surface area contributed by atoms with Gasteiger partial charge >= 0.3 is 0 Å². The van der Waals surface area contributed by atoms with Gasteiger partial charge in [-0.15, -0.1) is 0 Å². The molecule has 7 nitrogen and oxygen atoms in total. The van der Waals surface area contributed by atoms with E-state index >= 15 is 0 Å². The minimum atomic E-state index is -4.06. The Morgan fingerprint density at radius 2 is 1.45 bits per heavy atom. The van der Waals surface area contributed by atoms with Crippen molar-refractivity contribution in [2.45, 2.75) is 58.0 Å². The third-order valence-electron chi connectivity index (χ3n) is 6.45. The van der Waals surface area contributed by atoms with Gasteiger partial charge in [-0.05, 0) is 62.1 Å². The van der Waals surface area contributed by atoms with Crippen molar-refractivity contribution in [2.24, 2.45) is 0 Å². The van der Waals surface area contributed by atoms with Gasteiger partial charge < -0.3 is 10.2 Å². The van der Waals surface area contributed by atoms with Crippen LogP contribution in [-0.2, 0) is 32.6 Å². The Labute approximate surface area is 226 Å². The molecule has 0 heterocycles. The molecule has 0 unspecified atom stereocenters. The summed E-state index contributed by atoms with van der Waals surface area (Å²) < 4.78 is 28.7. The third kappa shape index (κ3) is 7.01. The van der Waals surface area contributed by atoms with Gasteiger partial charge in [-0.25, -0.2) is 8.42 Å². The van der Waals surface area contributed by atoms with Crippen molar-refractivity contribution in [1.29, 1.82) is 0 Å². The number of likely N-dealkylation sites (N-methyl/N-ethyl adjacent to an activating group) is 1. The van der Waals surface area contributed by atoms with Gasteiger partial charge in [0, 0.05) is 13.1 Å². The molecule has 1 N–H and O–H groups in total. The van der Waals surface area contributed by atoms with Gasteiger partial charge in [0.25, 0.3) is 10.0 Å². The van der Waals surface area contributed by atoms with Crippen LogP contribution in [0.3, 0.4) is 0 Å². The normalized spacial score (nSPS) is 12.0. The molecule has 2 amide bonds. The van der Waals surface area contributed by atoms with Crippen LogP contribution in [0.2, 0.25) is 0 Å². The van der Waals surface area contributed by atoms with E-state index in [1.807, 2.05) is 64.1 Å². The molecule has 0 saturated carbocycles. The molecule has 38 heavy (non-hydrogen) atoms. The molecule has 1 atom stereocenters. The fourth-order valence-corrected chi connectivity index (χ4v) is 5.68. The van der Waals surface area contributed by atoms with Crippen LogP contribution in [0.15, 0.2) is 83.8 Å². The van der Waals surface area contributed by atoms with Crippen molar-refractivity contribution in [3.63, 3.8) is 0 Å². The number of rotatable bonds is 12. The lowest BCUT2D eigenvalue weighted by Crippen LogP contribution is -2.52. The summed E-state index contributed by atoms with van der Waals surface area (Å²) in [6, 6.07) is 22.2. The Morgan fingerprint density at radius 1 is 0.842 bits per heavy atom. The molecule has 3 aromatic carbocycles. The highest BCUT2D eigenvalue weighted by atomic mass is 32.2. The lowest BCUT2D eigenvalue weighted by Gasteiger charge is -2.33. The number of amides is 2. The molecule has 0 aliphatic carbocycles. The maximum absolute atomic E-state index is 13.9. The number of anilines is 1. The Balaban J connectivity index is 2.04. The number of nitrogens with one attached hydrogen (secondary N) is 1. The number of nitrogens with zero attached hydrogens (tertiary/aromatic N) is 2. The molecule has 0 aliphatic rings. The summed E-state index contributed by atoms with van der Waals surface area (Å²) in [4.78, 5) is 28.5. The first-order valence-corrected chi connectivity index (χ1v) is 14.4. The summed E-state index contributed by atoms with van der Waals surface area (Å²) in [7, 11) is -4.06. The number of hydrogen-bond acceptors (Lipinski definition) is 4. The molecule has 0 aromatic heterocycles. The maximum Gasteiger partial charge on any atom is 0.264 e. The van der Waals surface area contributed by atoms with E-state index in [0.29, 0.717) is 18.7 Å². The molecule has 3 aromatic rings. The van der Waals surface area contributed by atoms with Crippen LogP contribution in [0, 0.1) is 6.92 Å². The number of aryl methyl sites for hydroxylation is 2. The van der Waals surface area contributed by atoms with Crippen molar-refractivity contribution >= 4 is 27.5 Å². The molecule has 0 saturated heterocycles. The highest BCUT2D eigenvalue weighted by molar-refractivity contribution is 7.92. The minimum Gasteiger partial charge on any atom is -0.355 e. The van der Waals surface area contributed by atoms with Gasteiger partial charge in [0.2, 0.25) is 11.8 Å². The molecular formula is C30H37N3O4S. The van der Waals surface area contributed by atoms with Crippen LogP contribution in [0.1, 0.15) is 43.9 Å². The first-order chi connectivity index (χ1) is 18.2. The Kier molecular flexibility index (Phi) is 10.1. The second-order valence-electron chi connectivity index (χ2n) is 9.17. The zero-order valence-corrected chi connectivity index (χ0v) is 23.4. The first-order valence-electron chi connectivity index (χ1n) is 13.0. The van der Waals surface area contributed by atoms with Gasteiger partial charge in [0.1, 0.15) is 12.6 Å². The number of benzene rings is 3. The van der Waals surface area contributed by atoms with Crippen LogP contribution in [0.25, 0.3) is 0 Å². The lowest BCUT2D eigenvalue weighted by molar-refractivity contribution is -0.140. The quantitative estimate of drug-likeness (QED) is 0.364. The van der Waals surface area contributed by atoms with Crippen LogP contribution in [0.4, 0.5) is 5.69 Å². The number of carbonyl (C=O) groups is 2. The van der Waals surface area contributed by atoms with Crippen molar-refractivity contribution < 1.29 is 18.0 Å². The average Bonchev–Trinajstić information content (AvgIpc) is 2.93. The second-order valence-corrected chi connectivity index (χ2v) is 11.0. The lowest BCUT2D eigenvalue weighted by atomic mass is 10.1. The van der Waals surface area contributed by atoms with Crippen molar-refractivity contribution in [3.05, 3.63) is 95.6 Å². The van der Waals surface area contributed by atoms with Gasteiger partial charge in [-0.2, -0.15) is 0 Å². The summed E-state index contributed by atoms with van der Waals surface area (Å²) in [5.74, 6) is -0.719. The molecule has 202 valence electrons. The number of carbonyl (C=O) groups excluding carboxylic acids is 2. The van der Waals surface area contributed by atoms with Crippen LogP contribution in [-0.4, -0.2) is 44.3 Å². The van der Waals surface area contributed by atoms with Crippen LogP contribution >= 0.6 is 0 Å². The molecule has 0 aliphatic heterocycles. The average molecular weight is 536 g/mol. The van der Waals surface area contributed by atoms with E-state index in [1.165, 1.54) is 17.0 Å². The second kappa shape index (κ2) is 13.2. The van der Waals surface area contributed by atoms with E-state index in [-0.39, 0.29) is 17.3 Å². The van der Waals surface area contributed by atoms with Crippen LogP contribution < -0.4 is 9.62 Å². The van der Waals surface area contributed by atoms with E-state index in [4.69, 9.17) is 0 Å². The van der Waals surface area contributed by atoms with Crippen LogP contribution in [0.5, 0.6) is 0 Å². The largest absolute Gasteiger partial charge is 0.355 e. The molecule has 0 spiro atoms. The first kappa shape index (κ1) is 28.9. The molecular weight excluding hydrogens is 498 g/mol. The number of sulfonamides is 1. The van der Waals surface area contributed by atoms with E-state index in [2.05, 4.69) is 5.32 Å². The summed E-state index contributed by atoms with van der Waals surface area (Å²) in [6.07, 6.45) is 1.19. The zero-order chi connectivity index (χ0) is 27.7. The van der Waals surface area contributed by atoms with Crippen molar-refractivity contribution in [2.75, 3.05) is 17.4 Å². The van der Waals surface area contributed by atoms with Gasteiger partial charge in [0.15, 0.2) is 0 Å². The summed E-state index contributed by atoms with van der Waals surface area (Å²) in [5, 5.41) is 2.82. The number of hydrogen-bond donors (Lipinski definition) is 1. The predicted octanol–water partition coefficient (Wildman–Crippen LogP) is 4.70. The maximum atomic E-state index is 13.9. The molecule has 3 rings (SSSR count). The minimum absolute atomic E-state index is 0.0909. The van der Waals surface area contributed by atoms with Gasteiger partial charge in [0.05, 0.1) is 10.6 Å². The Hall–Kier alpha value is -3.65. The van der Waals surface area contributed by atoms with E-state index in [9.17, 15) is 18.0 Å². The molecule has 0 radical (unpaired) electrons. The zero-order valence-electron chi connectivity index (χ0n) is 22.6. The fraction of sp³-hybridized carbons (Fsp3) is 0.333. The monoisotopic (exact) mass is 535 g/mol. The van der Waals surface area contributed by atoms with Crippen molar-refractivity contribution in [3.8, 4) is 0 Å². The topological polar surface area (TPSA) is 86.8 Å². The standard InChI is InChI=1S/C30H37N3O4S/c1-5-24-17-19-26(20-18-24)33(38(36,37)27-11-9-8-10-12-27)22-29(34)32(28(6-2)30(35)31-7-3)21-25-15-13-23(4)14-16-25/h8-20,28H,5-7,21-22H2,1-4H3,(H,31,35)/t28-/m1/s1. The highest BCUT2D eigenvalue weighted by Crippen LogP contribution is 2.25. The summed E-state index contributed by atoms with van der Waals surface area (Å²) >= 11 is 0. The molecule has 0 fully saturated rings. The fourth-order valence-electron chi connectivity index (χ4n) is 4.25. The summed E-state index contributed by atoms with van der Waals surface area (Å²) in [6.45, 7) is 7.84. The van der Waals surface area contributed by atoms with Gasteiger partial charge in [-0.1, -0.05) is 74.0 Å². The highest BCUT2D eigenvalue weighted by Gasteiger charge is 2.33. The molecule has 0 bridgehead atoms. The van der Waals surface area contributed by atoms with E-state index in [1.54, 1.807) is 30.3 Å². The third-order valence-corrected chi connectivity index (χ3v) is 8.24. The Morgan fingerprint density at radius 3 is 2.00 bits per heavy atom. The van der Waals surface area contributed by atoms with E-state index < -0.39 is 28.5 Å². The van der Waals surface area contributed by atoms with Crippen molar-refractivity contribution in [1.82, 2.24) is 10.2 Å². The SMILES string of the molecule is CCNC(=O)[C@@H](CC)N(Cc1ccc(C)cc1)C(=O)CN(c1ccc(CC)cc1)S(=O)(=O)c1ccccc1. The smallest absolute Gasteiger partial charge is 0.264 e. The van der Waals surface area contributed by atoms with Gasteiger partial charge in [-0.3, -0.25) is 13.9 Å². The Bertz CT molecular complexity index is 1310.